The van der Waals surface area contributed by atoms with Crippen molar-refractivity contribution in [3.8, 4) is 5.75 Å². The Labute approximate surface area is 118 Å². The van der Waals surface area contributed by atoms with Gasteiger partial charge in [-0.05, 0) is 18.9 Å². The van der Waals surface area contributed by atoms with Crippen molar-refractivity contribution in [2.45, 2.75) is 52.6 Å². The summed E-state index contributed by atoms with van der Waals surface area (Å²) in [5.41, 5.74) is 0.516. The Balaban J connectivity index is 2.68. The molecule has 0 aliphatic carbocycles. The van der Waals surface area contributed by atoms with Gasteiger partial charge in [0.1, 0.15) is 5.75 Å². The van der Waals surface area contributed by atoms with Gasteiger partial charge in [-0.15, -0.1) is 13.2 Å². The Morgan fingerprint density at radius 2 is 1.75 bits per heavy atom. The molecule has 114 valence electrons. The second kappa shape index (κ2) is 7.53. The lowest BCUT2D eigenvalue weighted by molar-refractivity contribution is -0.274. The number of hydrogen-bond donors (Lipinski definition) is 1. The fourth-order valence-electron chi connectivity index (χ4n) is 2.31. The van der Waals surface area contributed by atoms with E-state index >= 15 is 0 Å². The van der Waals surface area contributed by atoms with E-state index in [4.69, 9.17) is 0 Å². The van der Waals surface area contributed by atoms with Gasteiger partial charge < -0.3 is 10.1 Å². The number of ether oxygens (including phenoxy) is 1. The Morgan fingerprint density at radius 3 is 2.30 bits per heavy atom. The van der Waals surface area contributed by atoms with Gasteiger partial charge in [0, 0.05) is 18.2 Å². The summed E-state index contributed by atoms with van der Waals surface area (Å²) in [6.45, 7) is 6.66. The number of rotatable bonds is 7. The Morgan fingerprint density at radius 1 is 1.15 bits per heavy atom. The van der Waals surface area contributed by atoms with E-state index in [2.05, 4.69) is 30.8 Å². The second-order valence-corrected chi connectivity index (χ2v) is 4.90. The fraction of sp³-hybridized carbons (Fsp3) is 0.600. The van der Waals surface area contributed by atoms with Crippen molar-refractivity contribution < 1.29 is 17.9 Å². The van der Waals surface area contributed by atoms with E-state index in [0.29, 0.717) is 18.0 Å². The third kappa shape index (κ3) is 5.41. The number of para-hydroxylation sites is 1. The van der Waals surface area contributed by atoms with Crippen molar-refractivity contribution in [1.82, 2.24) is 5.32 Å². The maximum absolute atomic E-state index is 12.3. The third-order valence-electron chi connectivity index (χ3n) is 3.57. The van der Waals surface area contributed by atoms with Crippen LogP contribution < -0.4 is 10.1 Å². The lowest BCUT2D eigenvalue weighted by Crippen LogP contribution is -2.32. The van der Waals surface area contributed by atoms with E-state index in [1.165, 1.54) is 12.1 Å². The summed E-state index contributed by atoms with van der Waals surface area (Å²) in [4.78, 5) is 0. The molecule has 1 aromatic rings. The molecule has 2 nitrogen and oxygen atoms in total. The SMILES string of the molecule is CCC(CC)C(C)NCc1ccccc1OC(F)(F)F. The zero-order valence-corrected chi connectivity index (χ0v) is 12.1. The maximum atomic E-state index is 12.3. The summed E-state index contributed by atoms with van der Waals surface area (Å²) in [6, 6.07) is 6.49. The first-order valence-electron chi connectivity index (χ1n) is 6.94. The fourth-order valence-corrected chi connectivity index (χ4v) is 2.31. The number of nitrogens with one attached hydrogen (secondary N) is 1. The highest BCUT2D eigenvalue weighted by atomic mass is 19.4. The zero-order chi connectivity index (χ0) is 15.2. The molecule has 0 amide bonds. The molecule has 5 heteroatoms. The summed E-state index contributed by atoms with van der Waals surface area (Å²) in [5.74, 6) is 0.384. The summed E-state index contributed by atoms with van der Waals surface area (Å²) >= 11 is 0. The number of halogens is 3. The monoisotopic (exact) mass is 289 g/mol. The number of alkyl halides is 3. The molecule has 0 bridgehead atoms. The largest absolute Gasteiger partial charge is 0.573 e. The summed E-state index contributed by atoms with van der Waals surface area (Å²) in [6.07, 6.45) is -2.56. The van der Waals surface area contributed by atoms with Crippen molar-refractivity contribution in [2.24, 2.45) is 5.92 Å². The highest BCUT2D eigenvalue weighted by Crippen LogP contribution is 2.26. The molecule has 0 aliphatic heterocycles. The summed E-state index contributed by atoms with van der Waals surface area (Å²) < 4.78 is 41.0. The highest BCUT2D eigenvalue weighted by Gasteiger charge is 2.32. The summed E-state index contributed by atoms with van der Waals surface area (Å²) in [7, 11) is 0. The van der Waals surface area contributed by atoms with Crippen LogP contribution in [0.4, 0.5) is 13.2 Å². The standard InChI is InChI=1S/C15H22F3NO/c1-4-12(5-2)11(3)19-10-13-8-6-7-9-14(13)20-15(16,17)18/h6-9,11-12,19H,4-5,10H2,1-3H3. The smallest absolute Gasteiger partial charge is 0.405 e. The molecule has 1 N–H and O–H groups in total. The molecule has 20 heavy (non-hydrogen) atoms. The molecule has 0 heterocycles. The first kappa shape index (κ1) is 16.8. The topological polar surface area (TPSA) is 21.3 Å². The van der Waals surface area contributed by atoms with Crippen LogP contribution in [-0.2, 0) is 6.54 Å². The van der Waals surface area contributed by atoms with Crippen molar-refractivity contribution in [2.75, 3.05) is 0 Å². The average molecular weight is 289 g/mol. The van der Waals surface area contributed by atoms with Crippen LogP contribution >= 0.6 is 0 Å². The molecule has 0 saturated heterocycles. The van der Waals surface area contributed by atoms with E-state index in [-0.39, 0.29) is 11.8 Å². The van der Waals surface area contributed by atoms with E-state index in [0.717, 1.165) is 12.8 Å². The minimum absolute atomic E-state index is 0.135. The Hall–Kier alpha value is -1.23. The number of hydrogen-bond acceptors (Lipinski definition) is 2. The Kier molecular flexibility index (Phi) is 6.33. The molecule has 1 aromatic carbocycles. The zero-order valence-electron chi connectivity index (χ0n) is 12.1. The molecule has 0 radical (unpaired) electrons. The predicted octanol–water partition coefficient (Wildman–Crippen LogP) is 4.50. The van der Waals surface area contributed by atoms with Crippen LogP contribution in [0.15, 0.2) is 24.3 Å². The second-order valence-electron chi connectivity index (χ2n) is 4.90. The van der Waals surface area contributed by atoms with Crippen LogP contribution in [-0.4, -0.2) is 12.4 Å². The molecule has 0 saturated carbocycles. The number of benzene rings is 1. The van der Waals surface area contributed by atoms with Crippen molar-refractivity contribution in [3.63, 3.8) is 0 Å². The quantitative estimate of drug-likeness (QED) is 0.798. The van der Waals surface area contributed by atoms with Crippen molar-refractivity contribution in [3.05, 3.63) is 29.8 Å². The normalized spacial score (nSPS) is 13.6. The summed E-state index contributed by atoms with van der Waals surface area (Å²) in [5, 5.41) is 3.28. The van der Waals surface area contributed by atoms with Crippen molar-refractivity contribution >= 4 is 0 Å². The van der Waals surface area contributed by atoms with Gasteiger partial charge in [-0.2, -0.15) is 0 Å². The van der Waals surface area contributed by atoms with E-state index in [1.54, 1.807) is 12.1 Å². The molecule has 1 rings (SSSR count). The van der Waals surface area contributed by atoms with Crippen LogP contribution in [0.3, 0.4) is 0 Å². The maximum Gasteiger partial charge on any atom is 0.573 e. The average Bonchev–Trinajstić information content (AvgIpc) is 2.37. The Bertz CT molecular complexity index is 402. The molecule has 0 aromatic heterocycles. The van der Waals surface area contributed by atoms with Gasteiger partial charge >= 0.3 is 6.36 Å². The van der Waals surface area contributed by atoms with Crippen LogP contribution in [0.25, 0.3) is 0 Å². The molecule has 1 unspecified atom stereocenters. The van der Waals surface area contributed by atoms with Crippen LogP contribution in [0.5, 0.6) is 5.75 Å². The molecule has 0 spiro atoms. The van der Waals surface area contributed by atoms with E-state index < -0.39 is 6.36 Å². The van der Waals surface area contributed by atoms with Gasteiger partial charge in [-0.1, -0.05) is 44.9 Å². The third-order valence-corrected chi connectivity index (χ3v) is 3.57. The van der Waals surface area contributed by atoms with Gasteiger partial charge in [0.05, 0.1) is 0 Å². The molecular formula is C15H22F3NO. The van der Waals surface area contributed by atoms with Gasteiger partial charge in [-0.3, -0.25) is 0 Å². The molecule has 1 atom stereocenters. The first-order chi connectivity index (χ1) is 9.37. The molecule has 0 fully saturated rings. The lowest BCUT2D eigenvalue weighted by Gasteiger charge is -2.23. The lowest BCUT2D eigenvalue weighted by atomic mass is 9.95. The first-order valence-corrected chi connectivity index (χ1v) is 6.94. The van der Waals surface area contributed by atoms with E-state index in [1.807, 2.05) is 0 Å². The van der Waals surface area contributed by atoms with Crippen LogP contribution in [0, 0.1) is 5.92 Å². The van der Waals surface area contributed by atoms with E-state index in [9.17, 15) is 13.2 Å². The predicted molar refractivity (Wildman–Crippen MR) is 73.5 cm³/mol. The molecular weight excluding hydrogens is 267 g/mol. The minimum Gasteiger partial charge on any atom is -0.405 e. The van der Waals surface area contributed by atoms with Crippen LogP contribution in [0.1, 0.15) is 39.2 Å². The van der Waals surface area contributed by atoms with Gasteiger partial charge in [0.2, 0.25) is 0 Å². The molecule has 0 aliphatic rings. The van der Waals surface area contributed by atoms with Crippen LogP contribution in [0.2, 0.25) is 0 Å². The van der Waals surface area contributed by atoms with Gasteiger partial charge in [0.15, 0.2) is 0 Å². The van der Waals surface area contributed by atoms with Gasteiger partial charge in [0.25, 0.3) is 0 Å². The van der Waals surface area contributed by atoms with Crippen molar-refractivity contribution in [1.29, 1.82) is 0 Å². The highest BCUT2D eigenvalue weighted by molar-refractivity contribution is 5.33. The minimum atomic E-state index is -4.66. The van der Waals surface area contributed by atoms with Gasteiger partial charge in [-0.25, -0.2) is 0 Å².